The van der Waals surface area contributed by atoms with Gasteiger partial charge in [0.1, 0.15) is 22.7 Å². The van der Waals surface area contributed by atoms with Crippen molar-refractivity contribution in [2.45, 2.75) is 114 Å². The molecule has 56 heavy (non-hydrogen) atoms. The van der Waals surface area contributed by atoms with Crippen LogP contribution in [0.2, 0.25) is 0 Å². The van der Waals surface area contributed by atoms with Gasteiger partial charge in [0.05, 0.1) is 0 Å². The van der Waals surface area contributed by atoms with Crippen LogP contribution in [0.3, 0.4) is 0 Å². The Labute approximate surface area is 336 Å². The van der Waals surface area contributed by atoms with Crippen LogP contribution in [0.5, 0.6) is 11.5 Å². The molecule has 2 aliphatic heterocycles. The molecule has 10 rings (SSSR count). The maximum Gasteiger partial charge on any atom is 0.130 e. The number of aliphatic hydroxyl groups is 2. The fourth-order valence-electron chi connectivity index (χ4n) is 12.9. The third-order valence-corrected chi connectivity index (χ3v) is 16.1. The highest BCUT2D eigenvalue weighted by Gasteiger charge is 2.62. The quantitative estimate of drug-likeness (QED) is 0.164. The number of terminal acetylenes is 2. The summed E-state index contributed by atoms with van der Waals surface area (Å²) in [5, 5.41) is 54.1. The summed E-state index contributed by atoms with van der Waals surface area (Å²) in [6.45, 7) is 13.5. The van der Waals surface area contributed by atoms with Crippen LogP contribution >= 0.6 is 0 Å². The average Bonchev–Trinajstić information content (AvgIpc) is 3.68. The third-order valence-electron chi connectivity index (χ3n) is 16.1. The Balaban J connectivity index is 0.000000133. The van der Waals surface area contributed by atoms with Crippen LogP contribution in [0.4, 0.5) is 0 Å². The molecule has 6 fully saturated rings. The molecule has 8 heteroatoms. The summed E-state index contributed by atoms with van der Waals surface area (Å²) < 4.78 is 0. The van der Waals surface area contributed by atoms with Gasteiger partial charge in [-0.3, -0.25) is 0 Å². The Hall–Kier alpha value is -3.08. The first kappa shape index (κ1) is 41.1. The normalized spacial score (nSPS) is 38.8. The Morgan fingerprint density at radius 3 is 1.21 bits per heavy atom. The van der Waals surface area contributed by atoms with Crippen molar-refractivity contribution in [3.05, 3.63) is 58.7 Å². The lowest BCUT2D eigenvalue weighted by Crippen LogP contribution is -2.50. The van der Waals surface area contributed by atoms with E-state index in [-0.39, 0.29) is 10.8 Å². The summed E-state index contributed by atoms with van der Waals surface area (Å²) in [6, 6.07) is 11.7. The van der Waals surface area contributed by atoms with Gasteiger partial charge in [0.25, 0.3) is 0 Å². The summed E-state index contributed by atoms with van der Waals surface area (Å²) in [6.07, 6.45) is 23.5. The summed E-state index contributed by atoms with van der Waals surface area (Å²) in [5.74, 6) is 9.64. The Bertz CT molecular complexity index is 1610. The lowest BCUT2D eigenvalue weighted by Gasteiger charge is -2.52. The van der Waals surface area contributed by atoms with Crippen molar-refractivity contribution in [2.24, 2.45) is 34.5 Å². The number of phenols is 2. The van der Waals surface area contributed by atoms with Crippen LogP contribution in [-0.4, -0.2) is 84.0 Å². The Morgan fingerprint density at radius 1 is 0.536 bits per heavy atom. The van der Waals surface area contributed by atoms with Gasteiger partial charge in [0, 0.05) is 63.2 Å². The topological polar surface area (TPSA) is 129 Å². The number of aromatic hydroxyl groups is 2. The Morgan fingerprint density at radius 2 is 0.893 bits per heavy atom. The Kier molecular flexibility index (Phi) is 12.5. The minimum Gasteiger partial charge on any atom is -0.508 e. The molecule has 0 bridgehead atoms. The molecule has 4 saturated carbocycles. The minimum atomic E-state index is -0.919. The number of fused-ring (bicyclic) bond motifs is 10. The highest BCUT2D eigenvalue weighted by Crippen LogP contribution is 2.65. The second kappa shape index (κ2) is 17.0. The zero-order chi connectivity index (χ0) is 39.6. The van der Waals surface area contributed by atoms with Crippen molar-refractivity contribution in [3.8, 4) is 36.2 Å². The molecule has 0 aromatic heterocycles. The SMILES string of the molecule is C#C[C@@]1(O)CC[C@@H]2[C@H]3CCc4cc(O)ccc4[C@@H]3CC[C@]21C.C#C[C@@]1(O)CC[C@@H]2[C@H]3CCc4cc(O)ccc4[C@@H]3CC[C@]21C.C1CNCCN1.C1CNCCN1. The number of hydrogen-bond donors (Lipinski definition) is 8. The predicted octanol–water partition coefficient (Wildman–Crippen LogP) is 5.58. The van der Waals surface area contributed by atoms with E-state index in [1.54, 1.807) is 0 Å². The monoisotopic (exact) mass is 765 g/mol. The van der Waals surface area contributed by atoms with E-state index in [1.807, 2.05) is 24.3 Å². The number of piperazine rings is 2. The van der Waals surface area contributed by atoms with Crippen molar-refractivity contribution in [1.82, 2.24) is 21.3 Å². The molecule has 0 amide bonds. The molecule has 304 valence electrons. The van der Waals surface area contributed by atoms with Gasteiger partial charge in [-0.15, -0.1) is 12.8 Å². The van der Waals surface area contributed by atoms with Crippen LogP contribution in [0, 0.1) is 59.2 Å². The molecular formula is C48H68N4O4. The van der Waals surface area contributed by atoms with E-state index >= 15 is 0 Å². The van der Waals surface area contributed by atoms with Gasteiger partial charge in [-0.2, -0.15) is 0 Å². The molecule has 8 nitrogen and oxygen atoms in total. The van der Waals surface area contributed by atoms with E-state index in [4.69, 9.17) is 12.8 Å². The van der Waals surface area contributed by atoms with Crippen molar-refractivity contribution >= 4 is 0 Å². The second-order valence-electron chi connectivity index (χ2n) is 18.6. The van der Waals surface area contributed by atoms with Crippen LogP contribution < -0.4 is 21.3 Å². The number of hydrogen-bond acceptors (Lipinski definition) is 8. The van der Waals surface area contributed by atoms with Gasteiger partial charge in [0.15, 0.2) is 0 Å². The van der Waals surface area contributed by atoms with Gasteiger partial charge in [0.2, 0.25) is 0 Å². The van der Waals surface area contributed by atoms with Crippen LogP contribution in [0.25, 0.3) is 0 Å². The molecule has 2 heterocycles. The number of benzene rings is 2. The van der Waals surface area contributed by atoms with E-state index < -0.39 is 11.2 Å². The molecule has 6 aliphatic carbocycles. The molecule has 0 unspecified atom stereocenters. The van der Waals surface area contributed by atoms with Gasteiger partial charge >= 0.3 is 0 Å². The molecule has 8 aliphatic rings. The van der Waals surface area contributed by atoms with Crippen molar-refractivity contribution in [2.75, 3.05) is 52.4 Å². The lowest BCUT2D eigenvalue weighted by molar-refractivity contribution is -0.0647. The van der Waals surface area contributed by atoms with Crippen LogP contribution in [-0.2, 0) is 12.8 Å². The van der Waals surface area contributed by atoms with E-state index in [0.29, 0.717) is 47.0 Å². The highest BCUT2D eigenvalue weighted by atomic mass is 16.3. The van der Waals surface area contributed by atoms with Crippen LogP contribution in [0.15, 0.2) is 36.4 Å². The predicted molar refractivity (Wildman–Crippen MR) is 224 cm³/mol. The molecule has 2 aromatic rings. The van der Waals surface area contributed by atoms with Crippen LogP contribution in [0.1, 0.15) is 112 Å². The number of rotatable bonds is 0. The van der Waals surface area contributed by atoms with Crippen molar-refractivity contribution in [1.29, 1.82) is 0 Å². The molecule has 0 radical (unpaired) electrons. The maximum absolute atomic E-state index is 10.9. The summed E-state index contributed by atoms with van der Waals surface area (Å²) in [4.78, 5) is 0. The van der Waals surface area contributed by atoms with E-state index in [9.17, 15) is 20.4 Å². The first-order chi connectivity index (χ1) is 27.0. The van der Waals surface area contributed by atoms with Gasteiger partial charge in [-0.1, -0.05) is 37.8 Å². The van der Waals surface area contributed by atoms with Gasteiger partial charge in [-0.25, -0.2) is 0 Å². The molecule has 2 aromatic carbocycles. The van der Waals surface area contributed by atoms with E-state index in [1.165, 1.54) is 22.3 Å². The summed E-state index contributed by atoms with van der Waals surface area (Å²) in [7, 11) is 0. The van der Waals surface area contributed by atoms with E-state index in [2.05, 4.69) is 59.1 Å². The van der Waals surface area contributed by atoms with Gasteiger partial charge in [-0.05, 0) is 159 Å². The first-order valence-electron chi connectivity index (χ1n) is 21.8. The van der Waals surface area contributed by atoms with Crippen molar-refractivity contribution < 1.29 is 20.4 Å². The highest BCUT2D eigenvalue weighted by molar-refractivity contribution is 5.42. The standard InChI is InChI=1S/2C20H24O2.2C4H10N2/c2*1-3-20(22)11-9-18-17-6-4-13-12-14(21)5-7-15(13)16(17)8-10-19(18,20)2;2*1-2-6-4-3-5-1/h2*1,5,7,12,16-18,21-22H,4,6,8-11H2,2H3;2*5-6H,1-4H2/t2*16-,17-,18+,19+,20+;;/m00../s1. The molecule has 8 N–H and O–H groups in total. The molecular weight excluding hydrogens is 697 g/mol. The molecule has 10 atom stereocenters. The first-order valence-corrected chi connectivity index (χ1v) is 21.8. The fourth-order valence-corrected chi connectivity index (χ4v) is 12.9. The summed E-state index contributed by atoms with van der Waals surface area (Å²) >= 11 is 0. The maximum atomic E-state index is 10.9. The largest absolute Gasteiger partial charge is 0.508 e. The van der Waals surface area contributed by atoms with E-state index in [0.717, 1.165) is 129 Å². The minimum absolute atomic E-state index is 0.128. The average molecular weight is 765 g/mol. The number of aryl methyl sites for hydroxylation is 2. The fraction of sp³-hybridized carbons (Fsp3) is 0.667. The van der Waals surface area contributed by atoms with Gasteiger partial charge < -0.3 is 41.7 Å². The second-order valence-corrected chi connectivity index (χ2v) is 18.6. The zero-order valence-corrected chi connectivity index (χ0v) is 34.0. The van der Waals surface area contributed by atoms with Crippen molar-refractivity contribution in [3.63, 3.8) is 0 Å². The third kappa shape index (κ3) is 7.63. The molecule has 0 spiro atoms. The summed E-state index contributed by atoms with van der Waals surface area (Å²) in [5.41, 5.74) is 3.38. The molecule has 2 saturated heterocycles. The smallest absolute Gasteiger partial charge is 0.130 e. The number of phenolic OH excluding ortho intramolecular Hbond substituents is 2. The zero-order valence-electron chi connectivity index (χ0n) is 34.0. The lowest BCUT2D eigenvalue weighted by atomic mass is 9.53. The number of nitrogens with one attached hydrogen (secondary N) is 4.